The molecule has 1 aromatic heterocycles. The summed E-state index contributed by atoms with van der Waals surface area (Å²) in [5, 5.41) is 9.11. The van der Waals surface area contributed by atoms with Gasteiger partial charge in [0, 0.05) is 17.2 Å². The van der Waals surface area contributed by atoms with Crippen LogP contribution in [-0.2, 0) is 9.05 Å². The lowest BCUT2D eigenvalue weighted by Gasteiger charge is -2.06. The molecular weight excluding hydrogens is 302 g/mol. The minimum absolute atomic E-state index is 0.126. The van der Waals surface area contributed by atoms with E-state index in [1.165, 1.54) is 12.8 Å². The summed E-state index contributed by atoms with van der Waals surface area (Å²) in [4.78, 5) is 11.8. The molecule has 6 nitrogen and oxygen atoms in total. The molecule has 112 valence electrons. The molecule has 1 fully saturated rings. The summed E-state index contributed by atoms with van der Waals surface area (Å²) in [6.07, 6.45) is 3.32. The average Bonchev–Trinajstić information content (AvgIpc) is 3.02. The molecule has 1 saturated carbocycles. The van der Waals surface area contributed by atoms with Crippen LogP contribution >= 0.6 is 10.7 Å². The number of rotatable bonds is 6. The van der Waals surface area contributed by atoms with E-state index in [-0.39, 0.29) is 16.5 Å². The summed E-state index contributed by atoms with van der Waals surface area (Å²) in [5.41, 5.74) is 0.201. The maximum Gasteiger partial charge on any atom is 0.273 e. The largest absolute Gasteiger partial charge is 0.351 e. The first-order chi connectivity index (χ1) is 9.30. The van der Waals surface area contributed by atoms with Crippen LogP contribution in [0.25, 0.3) is 0 Å². The zero-order chi connectivity index (χ0) is 14.9. The lowest BCUT2D eigenvalue weighted by Crippen LogP contribution is -2.26. The average molecular weight is 320 g/mol. The second-order valence-electron chi connectivity index (χ2n) is 5.40. The van der Waals surface area contributed by atoms with Gasteiger partial charge in [-0.1, -0.05) is 26.7 Å². The van der Waals surface area contributed by atoms with Crippen molar-refractivity contribution in [1.29, 1.82) is 0 Å². The Morgan fingerprint density at radius 2 is 2.15 bits per heavy atom. The molecular formula is C12H18ClN3O3S. The summed E-state index contributed by atoms with van der Waals surface area (Å²) in [7, 11) is 1.40. The van der Waals surface area contributed by atoms with Gasteiger partial charge in [0.05, 0.1) is 5.69 Å². The second kappa shape index (κ2) is 5.73. The normalized spacial score (nSPS) is 15.6. The van der Waals surface area contributed by atoms with Crippen molar-refractivity contribution >= 4 is 25.6 Å². The Labute approximate surface area is 122 Å². The minimum Gasteiger partial charge on any atom is -0.351 e. The fraction of sp³-hybridized carbons (Fsp3) is 0.667. The molecule has 2 rings (SSSR count). The Morgan fingerprint density at radius 1 is 1.50 bits per heavy atom. The van der Waals surface area contributed by atoms with E-state index in [2.05, 4.69) is 15.5 Å². The van der Waals surface area contributed by atoms with Gasteiger partial charge in [-0.3, -0.25) is 9.89 Å². The van der Waals surface area contributed by atoms with Crippen molar-refractivity contribution in [3.05, 3.63) is 11.4 Å². The Kier molecular flexibility index (Phi) is 4.39. The van der Waals surface area contributed by atoms with Crippen LogP contribution in [0, 0.1) is 5.92 Å². The van der Waals surface area contributed by atoms with E-state index in [0.29, 0.717) is 18.2 Å². The highest BCUT2D eigenvalue weighted by atomic mass is 35.7. The van der Waals surface area contributed by atoms with Crippen molar-refractivity contribution in [2.24, 2.45) is 5.92 Å². The number of aromatic nitrogens is 2. The monoisotopic (exact) mass is 319 g/mol. The molecule has 0 bridgehead atoms. The molecule has 0 atom stereocenters. The number of carbonyl (C=O) groups excluding carboxylic acids is 1. The van der Waals surface area contributed by atoms with Crippen LogP contribution in [-0.4, -0.2) is 31.1 Å². The van der Waals surface area contributed by atoms with E-state index in [4.69, 9.17) is 10.7 Å². The van der Waals surface area contributed by atoms with Crippen LogP contribution in [0.4, 0.5) is 0 Å². The number of amides is 1. The fourth-order valence-electron chi connectivity index (χ4n) is 2.02. The van der Waals surface area contributed by atoms with Gasteiger partial charge in [-0.25, -0.2) is 8.42 Å². The molecule has 0 radical (unpaired) electrons. The van der Waals surface area contributed by atoms with E-state index in [1.54, 1.807) is 13.8 Å². The lowest BCUT2D eigenvalue weighted by atomic mass is 10.1. The van der Waals surface area contributed by atoms with E-state index in [9.17, 15) is 13.2 Å². The Hall–Kier alpha value is -1.08. The molecule has 0 unspecified atom stereocenters. The molecule has 0 aliphatic heterocycles. The summed E-state index contributed by atoms with van der Waals surface area (Å²) >= 11 is 0. The van der Waals surface area contributed by atoms with Gasteiger partial charge in [0.15, 0.2) is 5.69 Å². The number of hydrogen-bond donors (Lipinski definition) is 2. The first-order valence-electron chi connectivity index (χ1n) is 6.61. The summed E-state index contributed by atoms with van der Waals surface area (Å²) in [6.45, 7) is 4.12. The van der Waals surface area contributed by atoms with Crippen molar-refractivity contribution in [3.8, 4) is 0 Å². The molecule has 1 aromatic rings. The molecule has 2 N–H and O–H groups in total. The molecule has 1 aliphatic rings. The van der Waals surface area contributed by atoms with Crippen molar-refractivity contribution in [2.45, 2.75) is 43.9 Å². The second-order valence-corrected chi connectivity index (χ2v) is 7.90. The number of aromatic amines is 1. The Balaban J connectivity index is 2.19. The first-order valence-corrected chi connectivity index (χ1v) is 8.92. The summed E-state index contributed by atoms with van der Waals surface area (Å²) in [6, 6.07) is 0. The predicted molar refractivity (Wildman–Crippen MR) is 75.4 cm³/mol. The number of nitrogens with one attached hydrogen (secondary N) is 2. The van der Waals surface area contributed by atoms with Gasteiger partial charge in [0.1, 0.15) is 4.90 Å². The predicted octanol–water partition coefficient (Wildman–Crippen LogP) is 1.99. The van der Waals surface area contributed by atoms with E-state index >= 15 is 0 Å². The number of nitrogens with zero attached hydrogens (tertiary/aromatic N) is 1. The number of hydrogen-bond acceptors (Lipinski definition) is 4. The van der Waals surface area contributed by atoms with Gasteiger partial charge in [-0.05, 0) is 18.3 Å². The van der Waals surface area contributed by atoms with Gasteiger partial charge >= 0.3 is 0 Å². The topological polar surface area (TPSA) is 91.9 Å². The van der Waals surface area contributed by atoms with Crippen LogP contribution in [0.1, 0.15) is 55.2 Å². The molecule has 1 aliphatic carbocycles. The van der Waals surface area contributed by atoms with Crippen molar-refractivity contribution < 1.29 is 13.2 Å². The Morgan fingerprint density at radius 3 is 2.65 bits per heavy atom. The molecule has 0 aromatic carbocycles. The first kappa shape index (κ1) is 15.3. The standard InChI is InChI=1S/C12H18ClN3O3S/c1-7(2)9-11(20(13,18)19)10(16-15-9)12(17)14-6-5-8-3-4-8/h7-8H,3-6H2,1-2H3,(H,14,17)(H,15,16). The summed E-state index contributed by atoms with van der Waals surface area (Å²) in [5.74, 6) is 0.0593. The molecule has 0 spiro atoms. The number of halogens is 1. The van der Waals surface area contributed by atoms with E-state index in [1.807, 2.05) is 0 Å². The zero-order valence-corrected chi connectivity index (χ0v) is 13.0. The highest BCUT2D eigenvalue weighted by molar-refractivity contribution is 8.13. The third kappa shape index (κ3) is 3.52. The fourth-order valence-corrected chi connectivity index (χ4v) is 3.40. The van der Waals surface area contributed by atoms with Crippen molar-refractivity contribution in [1.82, 2.24) is 15.5 Å². The van der Waals surface area contributed by atoms with E-state index in [0.717, 1.165) is 6.42 Å². The highest BCUT2D eigenvalue weighted by Gasteiger charge is 2.30. The summed E-state index contributed by atoms with van der Waals surface area (Å²) < 4.78 is 23.3. The van der Waals surface area contributed by atoms with Gasteiger partial charge in [-0.2, -0.15) is 5.10 Å². The van der Waals surface area contributed by atoms with Crippen LogP contribution in [0.5, 0.6) is 0 Å². The third-order valence-corrected chi connectivity index (χ3v) is 4.68. The quantitative estimate of drug-likeness (QED) is 0.784. The zero-order valence-electron chi connectivity index (χ0n) is 11.4. The SMILES string of the molecule is CC(C)c1[nH]nc(C(=O)NCCC2CC2)c1S(=O)(=O)Cl. The number of H-pyrrole nitrogens is 1. The van der Waals surface area contributed by atoms with Crippen molar-refractivity contribution in [3.63, 3.8) is 0 Å². The van der Waals surface area contributed by atoms with Gasteiger partial charge in [0.25, 0.3) is 15.0 Å². The molecule has 20 heavy (non-hydrogen) atoms. The molecule has 1 amide bonds. The molecule has 0 saturated heterocycles. The third-order valence-electron chi connectivity index (χ3n) is 3.32. The van der Waals surface area contributed by atoms with Crippen LogP contribution in [0.2, 0.25) is 0 Å². The maximum atomic E-state index is 12.0. The van der Waals surface area contributed by atoms with Crippen LogP contribution in [0.3, 0.4) is 0 Å². The Bertz CT molecular complexity index is 605. The lowest BCUT2D eigenvalue weighted by molar-refractivity contribution is 0.0944. The smallest absolute Gasteiger partial charge is 0.273 e. The molecule has 8 heteroatoms. The molecule has 1 heterocycles. The van der Waals surface area contributed by atoms with Gasteiger partial charge in [0.2, 0.25) is 0 Å². The number of carbonyl (C=O) groups is 1. The van der Waals surface area contributed by atoms with E-state index < -0.39 is 15.0 Å². The highest BCUT2D eigenvalue weighted by Crippen LogP contribution is 2.32. The minimum atomic E-state index is -4.02. The van der Waals surface area contributed by atoms with Crippen LogP contribution in [0.15, 0.2) is 4.90 Å². The van der Waals surface area contributed by atoms with Crippen LogP contribution < -0.4 is 5.32 Å². The van der Waals surface area contributed by atoms with Crippen molar-refractivity contribution in [2.75, 3.05) is 6.54 Å². The maximum absolute atomic E-state index is 12.0. The van der Waals surface area contributed by atoms with Gasteiger partial charge < -0.3 is 5.32 Å². The van der Waals surface area contributed by atoms with Gasteiger partial charge in [-0.15, -0.1) is 0 Å².